The minimum atomic E-state index is -4.21. The molecule has 0 atom stereocenters. The molecule has 0 fully saturated rings. The minimum Gasteiger partial charge on any atom is -0.314 e. The average Bonchev–Trinajstić information content (AvgIpc) is 2.76. The predicted octanol–water partition coefficient (Wildman–Crippen LogP) is 1.53. The molecule has 0 bridgehead atoms. The van der Waals surface area contributed by atoms with Crippen molar-refractivity contribution >= 4 is 21.7 Å². The van der Waals surface area contributed by atoms with Gasteiger partial charge in [-0.05, 0) is 25.5 Å². The number of nitrogens with zero attached hydrogens (tertiary/aromatic N) is 3. The molecule has 1 aromatic carbocycles. The maximum atomic E-state index is 13.6. The van der Waals surface area contributed by atoms with Gasteiger partial charge in [0.05, 0.1) is 9.82 Å². The number of hydrogen-bond donors (Lipinski definition) is 1. The molecule has 0 aliphatic rings. The number of halogens is 1. The maximum absolute atomic E-state index is 13.6. The normalized spacial score (nSPS) is 11.4. The molecular formula is C10H9FN4O5S. The fraction of sp³-hybridized carbons (Fsp3) is 0.200. The summed E-state index contributed by atoms with van der Waals surface area (Å²) < 4.78 is 44.2. The van der Waals surface area contributed by atoms with E-state index in [-0.39, 0.29) is 11.4 Å². The smallest absolute Gasteiger partial charge is 0.314 e. The van der Waals surface area contributed by atoms with E-state index in [0.717, 1.165) is 6.07 Å². The lowest BCUT2D eigenvalue weighted by Crippen LogP contribution is -2.14. The second-order valence-electron chi connectivity index (χ2n) is 4.08. The molecule has 0 aliphatic heterocycles. The van der Waals surface area contributed by atoms with Crippen LogP contribution in [0.2, 0.25) is 0 Å². The topological polar surface area (TPSA) is 128 Å². The number of anilines is 1. The first-order chi connectivity index (χ1) is 9.70. The Hall–Kier alpha value is -2.56. The van der Waals surface area contributed by atoms with E-state index in [1.54, 1.807) is 0 Å². The van der Waals surface area contributed by atoms with E-state index in [4.69, 9.17) is 0 Å². The number of hydrogen-bond acceptors (Lipinski definition) is 7. The van der Waals surface area contributed by atoms with Crippen molar-refractivity contribution in [3.05, 3.63) is 39.5 Å². The molecule has 112 valence electrons. The molecule has 11 heteroatoms. The Morgan fingerprint density at radius 2 is 2.05 bits per heavy atom. The van der Waals surface area contributed by atoms with Gasteiger partial charge in [-0.1, -0.05) is 5.16 Å². The molecule has 1 N–H and O–H groups in total. The Morgan fingerprint density at radius 3 is 2.57 bits per heavy atom. The van der Waals surface area contributed by atoms with E-state index in [1.807, 2.05) is 4.72 Å². The van der Waals surface area contributed by atoms with Gasteiger partial charge in [-0.25, -0.2) is 13.1 Å². The number of sulfonamides is 1. The summed E-state index contributed by atoms with van der Waals surface area (Å²) in [4.78, 5) is 12.9. The van der Waals surface area contributed by atoms with Crippen LogP contribution in [-0.2, 0) is 10.0 Å². The van der Waals surface area contributed by atoms with Crippen LogP contribution < -0.4 is 4.72 Å². The first-order valence-electron chi connectivity index (χ1n) is 5.48. The summed E-state index contributed by atoms with van der Waals surface area (Å²) >= 11 is 0. The van der Waals surface area contributed by atoms with Gasteiger partial charge in [0.1, 0.15) is 0 Å². The molecule has 1 heterocycles. The van der Waals surface area contributed by atoms with Crippen molar-refractivity contribution in [2.75, 3.05) is 4.72 Å². The molecule has 0 saturated carbocycles. The first kappa shape index (κ1) is 14.8. The quantitative estimate of drug-likeness (QED) is 0.669. The fourth-order valence-electron chi connectivity index (χ4n) is 1.52. The Balaban J connectivity index is 2.47. The number of nitro benzene ring substituents is 1. The first-order valence-corrected chi connectivity index (χ1v) is 6.96. The third-order valence-corrected chi connectivity index (χ3v) is 3.76. The van der Waals surface area contributed by atoms with Gasteiger partial charge < -0.3 is 4.52 Å². The molecule has 1 aromatic heterocycles. The van der Waals surface area contributed by atoms with Gasteiger partial charge >= 0.3 is 11.7 Å². The van der Waals surface area contributed by atoms with Crippen LogP contribution in [-0.4, -0.2) is 23.5 Å². The SMILES string of the molecule is Cc1noc(NS(=O)(=O)c2cc(C)c(F)c([N+](=O)[O-])c2)n1. The van der Waals surface area contributed by atoms with Gasteiger partial charge in [0.25, 0.3) is 10.0 Å². The second-order valence-corrected chi connectivity index (χ2v) is 5.77. The third-order valence-electron chi connectivity index (χ3n) is 2.47. The van der Waals surface area contributed by atoms with E-state index in [0.29, 0.717) is 6.07 Å². The lowest BCUT2D eigenvalue weighted by Gasteiger charge is -2.06. The summed E-state index contributed by atoms with van der Waals surface area (Å²) in [6.07, 6.45) is 0. The van der Waals surface area contributed by atoms with Gasteiger partial charge in [-0.2, -0.15) is 9.37 Å². The van der Waals surface area contributed by atoms with Crippen LogP contribution >= 0.6 is 0 Å². The Labute approximate surface area is 118 Å². The zero-order valence-electron chi connectivity index (χ0n) is 10.8. The fourth-order valence-corrected chi connectivity index (χ4v) is 2.55. The van der Waals surface area contributed by atoms with Crippen molar-refractivity contribution in [1.82, 2.24) is 10.1 Å². The molecule has 0 saturated heterocycles. The molecule has 0 spiro atoms. The summed E-state index contributed by atoms with van der Waals surface area (Å²) in [5.74, 6) is -0.887. The lowest BCUT2D eigenvalue weighted by molar-refractivity contribution is -0.387. The Kier molecular flexibility index (Phi) is 3.60. The number of rotatable bonds is 4. The second kappa shape index (κ2) is 5.09. The average molecular weight is 316 g/mol. The van der Waals surface area contributed by atoms with Crippen LogP contribution in [0, 0.1) is 29.8 Å². The molecule has 0 radical (unpaired) electrons. The van der Waals surface area contributed by atoms with E-state index in [2.05, 4.69) is 14.7 Å². The van der Waals surface area contributed by atoms with Crippen molar-refractivity contribution in [2.45, 2.75) is 18.7 Å². The van der Waals surface area contributed by atoms with Crippen LogP contribution in [0.25, 0.3) is 0 Å². The van der Waals surface area contributed by atoms with Crippen molar-refractivity contribution in [1.29, 1.82) is 0 Å². The zero-order chi connectivity index (χ0) is 15.8. The third kappa shape index (κ3) is 2.97. The molecule has 0 amide bonds. The number of aryl methyl sites for hydroxylation is 2. The van der Waals surface area contributed by atoms with Crippen LogP contribution in [0.5, 0.6) is 0 Å². The summed E-state index contributed by atoms with van der Waals surface area (Å²) in [5, 5.41) is 14.1. The zero-order valence-corrected chi connectivity index (χ0v) is 11.6. The van der Waals surface area contributed by atoms with Crippen molar-refractivity contribution in [3.8, 4) is 0 Å². The summed E-state index contributed by atoms with van der Waals surface area (Å²) in [7, 11) is -4.21. The van der Waals surface area contributed by atoms with E-state index >= 15 is 0 Å². The van der Waals surface area contributed by atoms with Gasteiger partial charge in [-0.15, -0.1) is 0 Å². The van der Waals surface area contributed by atoms with E-state index in [1.165, 1.54) is 13.8 Å². The van der Waals surface area contributed by atoms with Gasteiger partial charge in [0.2, 0.25) is 5.82 Å². The van der Waals surface area contributed by atoms with Crippen molar-refractivity contribution in [3.63, 3.8) is 0 Å². The molecular weight excluding hydrogens is 307 g/mol. The van der Waals surface area contributed by atoms with Crippen LogP contribution in [0.3, 0.4) is 0 Å². The standard InChI is InChI=1S/C10H9FN4O5S/c1-5-3-7(4-8(9(5)11)15(16)17)21(18,19)14-10-12-6(2)13-20-10/h3-4H,1-2H3,(H,12,13,14). The minimum absolute atomic E-state index is 0.175. The molecule has 2 aromatic rings. The van der Waals surface area contributed by atoms with Crippen molar-refractivity contribution < 1.29 is 22.3 Å². The molecule has 0 aliphatic carbocycles. The number of benzene rings is 1. The maximum Gasteiger partial charge on any atom is 0.335 e. The summed E-state index contributed by atoms with van der Waals surface area (Å²) in [6.45, 7) is 2.70. The number of nitrogens with one attached hydrogen (secondary N) is 1. The molecule has 0 unspecified atom stereocenters. The molecule has 2 rings (SSSR count). The van der Waals surface area contributed by atoms with E-state index < -0.39 is 37.4 Å². The van der Waals surface area contributed by atoms with Crippen LogP contribution in [0.1, 0.15) is 11.4 Å². The lowest BCUT2D eigenvalue weighted by atomic mass is 10.2. The highest BCUT2D eigenvalue weighted by molar-refractivity contribution is 7.92. The monoisotopic (exact) mass is 316 g/mol. The Morgan fingerprint density at radius 1 is 1.38 bits per heavy atom. The van der Waals surface area contributed by atoms with Gasteiger partial charge in [-0.3, -0.25) is 10.1 Å². The number of nitro groups is 1. The highest BCUT2D eigenvalue weighted by Gasteiger charge is 2.25. The highest BCUT2D eigenvalue weighted by Crippen LogP contribution is 2.26. The van der Waals surface area contributed by atoms with Gasteiger partial charge in [0, 0.05) is 6.07 Å². The van der Waals surface area contributed by atoms with Crippen molar-refractivity contribution in [2.24, 2.45) is 0 Å². The largest absolute Gasteiger partial charge is 0.335 e. The molecule has 21 heavy (non-hydrogen) atoms. The summed E-state index contributed by atoms with van der Waals surface area (Å²) in [6, 6.07) is 1.19. The van der Waals surface area contributed by atoms with Crippen LogP contribution in [0.4, 0.5) is 16.1 Å². The predicted molar refractivity (Wildman–Crippen MR) is 67.6 cm³/mol. The van der Waals surface area contributed by atoms with Crippen LogP contribution in [0.15, 0.2) is 21.6 Å². The number of aromatic nitrogens is 2. The molecule has 9 nitrogen and oxygen atoms in total. The van der Waals surface area contributed by atoms with E-state index in [9.17, 15) is 22.9 Å². The highest BCUT2D eigenvalue weighted by atomic mass is 32.2. The Bertz CT molecular complexity index is 817. The van der Waals surface area contributed by atoms with Gasteiger partial charge in [0.15, 0.2) is 5.82 Å². The summed E-state index contributed by atoms with van der Waals surface area (Å²) in [5.41, 5.74) is -1.11.